The van der Waals surface area contributed by atoms with Crippen molar-refractivity contribution in [3.8, 4) is 5.75 Å². The summed E-state index contributed by atoms with van der Waals surface area (Å²) in [4.78, 5) is 25.3. The average Bonchev–Trinajstić information content (AvgIpc) is 3.17. The Balaban J connectivity index is 1.93. The van der Waals surface area contributed by atoms with E-state index in [2.05, 4.69) is 12.2 Å². The largest absolute Gasteiger partial charge is 0.508 e. The number of thiophene rings is 1. The number of ketones is 1. The molecular weight excluding hydrogens is 386 g/mol. The zero-order valence-corrected chi connectivity index (χ0v) is 17.3. The van der Waals surface area contributed by atoms with E-state index in [4.69, 9.17) is 0 Å². The molecule has 1 atom stereocenters. The first-order chi connectivity index (χ1) is 12.5. The predicted molar refractivity (Wildman–Crippen MR) is 112 cm³/mol. The second kappa shape index (κ2) is 10.6. The number of hydrogen-bond donors (Lipinski definition) is 2. The van der Waals surface area contributed by atoms with Crippen LogP contribution in [0.4, 0.5) is 0 Å². The van der Waals surface area contributed by atoms with Gasteiger partial charge in [-0.2, -0.15) is 0 Å². The summed E-state index contributed by atoms with van der Waals surface area (Å²) in [6.07, 6.45) is 1.14. The minimum Gasteiger partial charge on any atom is -0.508 e. The van der Waals surface area contributed by atoms with Crippen LogP contribution in [0.1, 0.15) is 47.0 Å². The SMILES string of the molecule is CCCSSCCNC(=O)C(C)c1ccc(C(=O)c2cccs2)cc1O. The molecule has 0 saturated heterocycles. The molecule has 2 N–H and O–H groups in total. The molecule has 2 aromatic rings. The molecular formula is C19H23NO3S3. The van der Waals surface area contributed by atoms with Gasteiger partial charge in [0, 0.05) is 29.2 Å². The lowest BCUT2D eigenvalue weighted by molar-refractivity contribution is -0.122. The standard InChI is InChI=1S/C19H23NO3S3/c1-3-9-25-26-11-8-20-19(23)13(2)15-7-6-14(12-16(15)21)18(22)17-5-4-10-24-17/h4-7,10,12-13,21H,3,8-9,11H2,1-2H3,(H,20,23). The Labute approximate surface area is 166 Å². The second-order valence-electron chi connectivity index (χ2n) is 5.74. The number of amides is 1. The molecule has 1 amide bonds. The van der Waals surface area contributed by atoms with Gasteiger partial charge in [-0.1, -0.05) is 46.7 Å². The van der Waals surface area contributed by atoms with Crippen molar-refractivity contribution in [2.45, 2.75) is 26.2 Å². The highest BCUT2D eigenvalue weighted by Gasteiger charge is 2.20. The molecule has 1 heterocycles. The minimum atomic E-state index is -0.478. The van der Waals surface area contributed by atoms with Crippen molar-refractivity contribution in [2.24, 2.45) is 0 Å². The van der Waals surface area contributed by atoms with Gasteiger partial charge in [-0.25, -0.2) is 0 Å². The Bertz CT molecular complexity index is 732. The van der Waals surface area contributed by atoms with E-state index >= 15 is 0 Å². The fraction of sp³-hybridized carbons (Fsp3) is 0.368. The van der Waals surface area contributed by atoms with Gasteiger partial charge in [-0.3, -0.25) is 9.59 Å². The molecule has 4 nitrogen and oxygen atoms in total. The smallest absolute Gasteiger partial charge is 0.227 e. The quantitative estimate of drug-likeness (QED) is 0.338. The summed E-state index contributed by atoms with van der Waals surface area (Å²) < 4.78 is 0. The first-order valence-electron chi connectivity index (χ1n) is 8.47. The van der Waals surface area contributed by atoms with Gasteiger partial charge in [-0.05, 0) is 30.9 Å². The van der Waals surface area contributed by atoms with E-state index in [0.29, 0.717) is 22.5 Å². The summed E-state index contributed by atoms with van der Waals surface area (Å²) >= 11 is 1.36. The van der Waals surface area contributed by atoms with Crippen LogP contribution in [0, 0.1) is 0 Å². The maximum absolute atomic E-state index is 12.3. The summed E-state index contributed by atoms with van der Waals surface area (Å²) in [5.74, 6) is 1.21. The summed E-state index contributed by atoms with van der Waals surface area (Å²) in [5, 5.41) is 15.0. The molecule has 0 aliphatic carbocycles. The summed E-state index contributed by atoms with van der Waals surface area (Å²) in [7, 11) is 3.56. The lowest BCUT2D eigenvalue weighted by Gasteiger charge is -2.14. The van der Waals surface area contributed by atoms with Gasteiger partial charge in [0.05, 0.1) is 10.8 Å². The van der Waals surface area contributed by atoms with E-state index in [1.165, 1.54) is 17.4 Å². The molecule has 1 aromatic carbocycles. The number of aromatic hydroxyl groups is 1. The van der Waals surface area contributed by atoms with E-state index in [1.54, 1.807) is 35.9 Å². The Hall–Kier alpha value is -1.44. The number of phenolic OH excluding ortho intramolecular Hbond substituents is 1. The monoisotopic (exact) mass is 409 g/mol. The number of nitrogens with one attached hydrogen (secondary N) is 1. The van der Waals surface area contributed by atoms with Crippen molar-refractivity contribution in [1.82, 2.24) is 5.32 Å². The molecule has 0 aliphatic rings. The number of rotatable bonds is 10. The van der Waals surface area contributed by atoms with E-state index in [-0.39, 0.29) is 17.4 Å². The lowest BCUT2D eigenvalue weighted by atomic mass is 9.96. The molecule has 0 spiro atoms. The van der Waals surface area contributed by atoms with Crippen LogP contribution in [-0.2, 0) is 4.79 Å². The summed E-state index contributed by atoms with van der Waals surface area (Å²) in [6, 6.07) is 8.34. The molecule has 0 saturated carbocycles. The molecule has 140 valence electrons. The Morgan fingerprint density at radius 1 is 1.23 bits per heavy atom. The third kappa shape index (κ3) is 5.79. The van der Waals surface area contributed by atoms with Gasteiger partial charge in [0.1, 0.15) is 5.75 Å². The molecule has 0 bridgehead atoms. The fourth-order valence-electron chi connectivity index (χ4n) is 2.31. The third-order valence-electron chi connectivity index (χ3n) is 3.75. The predicted octanol–water partition coefficient (Wildman–Crippen LogP) is 4.70. The number of carbonyl (C=O) groups is 2. The highest BCUT2D eigenvalue weighted by molar-refractivity contribution is 8.76. The first-order valence-corrected chi connectivity index (χ1v) is 11.8. The van der Waals surface area contributed by atoms with Crippen LogP contribution in [0.3, 0.4) is 0 Å². The van der Waals surface area contributed by atoms with Crippen molar-refractivity contribution < 1.29 is 14.7 Å². The van der Waals surface area contributed by atoms with Gasteiger partial charge < -0.3 is 10.4 Å². The van der Waals surface area contributed by atoms with Gasteiger partial charge in [0.15, 0.2) is 0 Å². The third-order valence-corrected chi connectivity index (χ3v) is 7.23. The van der Waals surface area contributed by atoms with Crippen LogP contribution < -0.4 is 5.32 Å². The van der Waals surface area contributed by atoms with Gasteiger partial charge in [-0.15, -0.1) is 11.3 Å². The maximum Gasteiger partial charge on any atom is 0.227 e. The topological polar surface area (TPSA) is 66.4 Å². The molecule has 1 unspecified atom stereocenters. The fourth-order valence-corrected chi connectivity index (χ4v) is 5.04. The number of hydrogen-bond acceptors (Lipinski definition) is 6. The van der Waals surface area contributed by atoms with Crippen molar-refractivity contribution in [3.05, 3.63) is 51.7 Å². The van der Waals surface area contributed by atoms with Gasteiger partial charge in [0.2, 0.25) is 11.7 Å². The lowest BCUT2D eigenvalue weighted by Crippen LogP contribution is -2.29. The van der Waals surface area contributed by atoms with E-state index in [9.17, 15) is 14.7 Å². The van der Waals surface area contributed by atoms with Crippen LogP contribution in [0.25, 0.3) is 0 Å². The Kier molecular flexibility index (Phi) is 8.54. The highest BCUT2D eigenvalue weighted by Crippen LogP contribution is 2.28. The van der Waals surface area contributed by atoms with Crippen LogP contribution in [0.15, 0.2) is 35.7 Å². The number of phenols is 1. The van der Waals surface area contributed by atoms with Crippen LogP contribution in [0.5, 0.6) is 5.75 Å². The number of carbonyl (C=O) groups excluding carboxylic acids is 2. The van der Waals surface area contributed by atoms with Crippen molar-refractivity contribution in [3.63, 3.8) is 0 Å². The average molecular weight is 410 g/mol. The van der Waals surface area contributed by atoms with Crippen LogP contribution in [0.2, 0.25) is 0 Å². The molecule has 1 aromatic heterocycles. The van der Waals surface area contributed by atoms with Crippen LogP contribution in [-0.4, -0.2) is 34.8 Å². The first kappa shape index (κ1) is 20.9. The van der Waals surface area contributed by atoms with Gasteiger partial charge in [0.25, 0.3) is 0 Å². The highest BCUT2D eigenvalue weighted by atomic mass is 33.1. The molecule has 0 radical (unpaired) electrons. The minimum absolute atomic E-state index is 0.0251. The van der Waals surface area contributed by atoms with Gasteiger partial charge >= 0.3 is 0 Å². The van der Waals surface area contributed by atoms with Crippen LogP contribution >= 0.6 is 32.9 Å². The normalized spacial score (nSPS) is 11.9. The van der Waals surface area contributed by atoms with E-state index in [1.807, 2.05) is 22.2 Å². The zero-order valence-electron chi connectivity index (χ0n) is 14.9. The maximum atomic E-state index is 12.3. The summed E-state index contributed by atoms with van der Waals surface area (Å²) in [6.45, 7) is 4.49. The molecule has 2 rings (SSSR count). The molecule has 26 heavy (non-hydrogen) atoms. The van der Waals surface area contributed by atoms with Crippen molar-refractivity contribution in [2.75, 3.05) is 18.1 Å². The van der Waals surface area contributed by atoms with Crippen molar-refractivity contribution in [1.29, 1.82) is 0 Å². The molecule has 7 heteroatoms. The van der Waals surface area contributed by atoms with E-state index in [0.717, 1.165) is 17.9 Å². The van der Waals surface area contributed by atoms with Crippen molar-refractivity contribution >= 4 is 44.6 Å². The zero-order chi connectivity index (χ0) is 18.9. The number of benzene rings is 1. The molecule has 0 fully saturated rings. The molecule has 0 aliphatic heterocycles. The van der Waals surface area contributed by atoms with E-state index < -0.39 is 5.92 Å². The Morgan fingerprint density at radius 2 is 2.00 bits per heavy atom. The summed E-state index contributed by atoms with van der Waals surface area (Å²) in [5.41, 5.74) is 0.948. The Morgan fingerprint density at radius 3 is 2.65 bits per heavy atom. The second-order valence-corrected chi connectivity index (χ2v) is 9.39.